The molecule has 1 aliphatic carbocycles. The van der Waals surface area contributed by atoms with Crippen molar-refractivity contribution >= 4 is 27.5 Å². The highest BCUT2D eigenvalue weighted by molar-refractivity contribution is 7.93. The van der Waals surface area contributed by atoms with Gasteiger partial charge in [-0.2, -0.15) is 4.98 Å². The zero-order valence-electron chi connectivity index (χ0n) is 20.6. The molecule has 1 aliphatic rings. The lowest BCUT2D eigenvalue weighted by atomic mass is 10.1. The lowest BCUT2D eigenvalue weighted by Gasteiger charge is -2.20. The van der Waals surface area contributed by atoms with Crippen molar-refractivity contribution in [2.75, 3.05) is 10.6 Å². The number of nitrogens with one attached hydrogen (secondary N) is 3. The molecule has 0 saturated heterocycles. The van der Waals surface area contributed by atoms with E-state index in [-0.39, 0.29) is 4.91 Å². The van der Waals surface area contributed by atoms with Gasteiger partial charge in [0.1, 0.15) is 17.2 Å². The van der Waals surface area contributed by atoms with Crippen molar-refractivity contribution in [1.82, 2.24) is 24.2 Å². The third-order valence-electron chi connectivity index (χ3n) is 4.57. The van der Waals surface area contributed by atoms with Gasteiger partial charge in [-0.3, -0.25) is 4.57 Å². The fourth-order valence-corrected chi connectivity index (χ4v) is 4.12. The van der Waals surface area contributed by atoms with Crippen molar-refractivity contribution in [3.63, 3.8) is 0 Å². The van der Waals surface area contributed by atoms with Crippen molar-refractivity contribution in [2.24, 2.45) is 0 Å². The minimum absolute atomic E-state index is 0.184. The Morgan fingerprint density at radius 2 is 1.97 bits per heavy atom. The number of allylic oxidation sites excluding steroid dienone is 5. The Morgan fingerprint density at radius 1 is 1.20 bits per heavy atom. The maximum Gasteiger partial charge on any atom is 0.236 e. The van der Waals surface area contributed by atoms with Crippen LogP contribution in [0.2, 0.25) is 0 Å². The van der Waals surface area contributed by atoms with Crippen molar-refractivity contribution in [3.05, 3.63) is 88.3 Å². The number of aromatic nitrogens is 4. The number of nitrogens with zero attached hydrogens (tertiary/aromatic N) is 4. The zero-order valence-corrected chi connectivity index (χ0v) is 21.4. The van der Waals surface area contributed by atoms with Gasteiger partial charge in [0.05, 0.1) is 11.2 Å². The Labute approximate surface area is 206 Å². The molecule has 182 valence electrons. The third kappa shape index (κ3) is 7.29. The second-order valence-electron chi connectivity index (χ2n) is 8.80. The van der Waals surface area contributed by atoms with Gasteiger partial charge in [-0.25, -0.2) is 23.1 Å². The fraction of sp³-hybridized carbons (Fsp3) is 0.280. The number of hydrogen-bond acceptors (Lipinski definition) is 7. The van der Waals surface area contributed by atoms with E-state index in [0.717, 1.165) is 11.3 Å². The molecule has 35 heavy (non-hydrogen) atoms. The Balaban J connectivity index is 1.83. The number of rotatable bonds is 8. The molecule has 3 N–H and O–H groups in total. The molecule has 10 heteroatoms. The molecule has 2 aromatic heterocycles. The second kappa shape index (κ2) is 10.6. The quantitative estimate of drug-likeness (QED) is 0.374. The van der Waals surface area contributed by atoms with Crippen molar-refractivity contribution in [3.8, 4) is 0 Å². The average molecular weight is 492 g/mol. The summed E-state index contributed by atoms with van der Waals surface area (Å²) in [6.45, 7) is 10.6. The standard InChI is InChI=1S/C25H29N7O2S/c1-7-20(15-19(3)35(33,34)31-25(4,5)6)28-23-18(2)16-27-24(30-23)29-21-9-8-10-22(12-11-21)32-14-13-26-17-32/h7,9-10,13-17,31H,1-6H3,(H2,27,28,29,30)/b19-15+,20-7+. The van der Waals surface area contributed by atoms with Crippen LogP contribution >= 0.6 is 0 Å². The Hall–Kier alpha value is -3.90. The lowest BCUT2D eigenvalue weighted by Crippen LogP contribution is -2.40. The Morgan fingerprint density at radius 3 is 2.63 bits per heavy atom. The molecule has 0 amide bonds. The van der Waals surface area contributed by atoms with Crippen LogP contribution in [0.25, 0.3) is 5.70 Å². The summed E-state index contributed by atoms with van der Waals surface area (Å²) in [5.41, 5.74) is 11.3. The highest BCUT2D eigenvalue weighted by Gasteiger charge is 2.21. The predicted octanol–water partition coefficient (Wildman–Crippen LogP) is 4.23. The van der Waals surface area contributed by atoms with Crippen LogP contribution in [0, 0.1) is 6.92 Å². The molecular formula is C25H29N7O2S. The van der Waals surface area contributed by atoms with E-state index < -0.39 is 15.6 Å². The topological polar surface area (TPSA) is 114 Å². The van der Waals surface area contributed by atoms with Crippen molar-refractivity contribution in [2.45, 2.75) is 47.1 Å². The van der Waals surface area contributed by atoms with Gasteiger partial charge < -0.3 is 10.6 Å². The monoisotopic (exact) mass is 491 g/mol. The molecule has 0 atom stereocenters. The maximum atomic E-state index is 12.6. The van der Waals surface area contributed by atoms with Gasteiger partial charge in [0.2, 0.25) is 16.0 Å². The average Bonchev–Trinajstić information content (AvgIpc) is 3.21. The molecule has 0 spiro atoms. The SMILES string of the molecule is C/C=C(\C=C(/C)S(=O)(=O)NC(C)(C)C)Nc1nc(NC2=C=C=C(n3ccnc3)C=C=C2)ncc1C. The van der Waals surface area contributed by atoms with Crippen LogP contribution in [0.4, 0.5) is 11.8 Å². The van der Waals surface area contributed by atoms with E-state index in [9.17, 15) is 8.42 Å². The number of imidazole rings is 1. The summed E-state index contributed by atoms with van der Waals surface area (Å²) >= 11 is 0. The number of aryl methyl sites for hydroxylation is 1. The highest BCUT2D eigenvalue weighted by Crippen LogP contribution is 2.19. The molecule has 0 fully saturated rings. The van der Waals surface area contributed by atoms with E-state index in [1.54, 1.807) is 81.5 Å². The molecule has 0 aromatic carbocycles. The molecule has 0 unspecified atom stereocenters. The van der Waals surface area contributed by atoms with Crippen LogP contribution in [0.5, 0.6) is 0 Å². The molecule has 0 radical (unpaired) electrons. The minimum Gasteiger partial charge on any atom is -0.340 e. The zero-order chi connectivity index (χ0) is 25.6. The van der Waals surface area contributed by atoms with Crippen LogP contribution in [0.15, 0.2) is 82.7 Å². The van der Waals surface area contributed by atoms with Crippen LogP contribution in [-0.2, 0) is 10.0 Å². The summed E-state index contributed by atoms with van der Waals surface area (Å²) in [5.74, 6) is 0.873. The molecule has 0 bridgehead atoms. The first kappa shape index (κ1) is 25.7. The summed E-state index contributed by atoms with van der Waals surface area (Å²) < 4.78 is 29.7. The first-order valence-corrected chi connectivity index (χ1v) is 12.4. The molecule has 3 rings (SSSR count). The van der Waals surface area contributed by atoms with Gasteiger partial charge >= 0.3 is 0 Å². The summed E-state index contributed by atoms with van der Waals surface area (Å²) in [7, 11) is -3.63. The third-order valence-corrected chi connectivity index (χ3v) is 6.42. The Bertz CT molecular complexity index is 1440. The van der Waals surface area contributed by atoms with Crippen LogP contribution in [-0.4, -0.2) is 33.5 Å². The molecule has 0 saturated carbocycles. The largest absolute Gasteiger partial charge is 0.340 e. The van der Waals surface area contributed by atoms with Gasteiger partial charge in [0.15, 0.2) is 0 Å². The highest BCUT2D eigenvalue weighted by atomic mass is 32.2. The smallest absolute Gasteiger partial charge is 0.236 e. The van der Waals surface area contributed by atoms with E-state index in [0.29, 0.717) is 23.2 Å². The van der Waals surface area contributed by atoms with Crippen LogP contribution < -0.4 is 15.4 Å². The van der Waals surface area contributed by atoms with Crippen LogP contribution in [0.3, 0.4) is 0 Å². The van der Waals surface area contributed by atoms with E-state index >= 15 is 0 Å². The van der Waals surface area contributed by atoms with Crippen molar-refractivity contribution in [1.29, 1.82) is 0 Å². The lowest BCUT2D eigenvalue weighted by molar-refractivity contribution is 0.495. The number of sulfonamides is 1. The molecule has 9 nitrogen and oxygen atoms in total. The van der Waals surface area contributed by atoms with Gasteiger partial charge in [-0.05, 0) is 59.1 Å². The molecule has 0 aliphatic heterocycles. The van der Waals surface area contributed by atoms with E-state index in [1.807, 2.05) is 13.8 Å². The number of anilines is 2. The summed E-state index contributed by atoms with van der Waals surface area (Å²) in [6.07, 6.45) is 13.6. The van der Waals surface area contributed by atoms with E-state index in [2.05, 4.69) is 47.5 Å². The van der Waals surface area contributed by atoms with Gasteiger partial charge in [-0.1, -0.05) is 6.08 Å². The van der Waals surface area contributed by atoms with Crippen LogP contribution in [0.1, 0.15) is 40.2 Å². The molecular weight excluding hydrogens is 462 g/mol. The number of hydrogen-bond donors (Lipinski definition) is 3. The van der Waals surface area contributed by atoms with E-state index in [4.69, 9.17) is 0 Å². The van der Waals surface area contributed by atoms with Gasteiger partial charge in [0, 0.05) is 47.5 Å². The molecule has 2 aromatic rings. The summed E-state index contributed by atoms with van der Waals surface area (Å²) in [5, 5.41) is 6.29. The van der Waals surface area contributed by atoms with E-state index in [1.165, 1.54) is 0 Å². The Kier molecular flexibility index (Phi) is 7.77. The fourth-order valence-electron chi connectivity index (χ4n) is 2.87. The van der Waals surface area contributed by atoms with Gasteiger partial charge in [-0.15, -0.1) is 5.73 Å². The first-order valence-electron chi connectivity index (χ1n) is 10.9. The van der Waals surface area contributed by atoms with Crippen molar-refractivity contribution < 1.29 is 8.42 Å². The predicted molar refractivity (Wildman–Crippen MR) is 138 cm³/mol. The maximum absolute atomic E-state index is 12.6. The molecule has 2 heterocycles. The summed E-state index contributed by atoms with van der Waals surface area (Å²) in [6, 6.07) is 0. The van der Waals surface area contributed by atoms with Gasteiger partial charge in [0.25, 0.3) is 0 Å². The minimum atomic E-state index is -3.63. The first-order chi connectivity index (χ1) is 16.5. The normalized spacial score (nSPS) is 14.5. The second-order valence-corrected chi connectivity index (χ2v) is 10.7. The summed E-state index contributed by atoms with van der Waals surface area (Å²) in [4.78, 5) is 13.1.